The predicted molar refractivity (Wildman–Crippen MR) is 128 cm³/mol. The summed E-state index contributed by atoms with van der Waals surface area (Å²) in [4.78, 5) is 12.8. The van der Waals surface area contributed by atoms with Gasteiger partial charge in [0.05, 0.1) is 18.0 Å². The molecule has 3 N–H and O–H groups in total. The van der Waals surface area contributed by atoms with E-state index in [2.05, 4.69) is 30.5 Å². The maximum absolute atomic E-state index is 6.20. The van der Waals surface area contributed by atoms with Crippen molar-refractivity contribution in [2.24, 2.45) is 14.1 Å². The Morgan fingerprint density at radius 3 is 2.76 bits per heavy atom. The number of nitrogen functional groups attached to an aromatic ring is 1. The summed E-state index contributed by atoms with van der Waals surface area (Å²) in [5.74, 6) is 1.46. The lowest BCUT2D eigenvalue weighted by Gasteiger charge is -2.17. The third-order valence-electron chi connectivity index (χ3n) is 5.12. The molecule has 0 saturated carbocycles. The number of halogens is 1. The first-order valence-corrected chi connectivity index (χ1v) is 10.9. The van der Waals surface area contributed by atoms with Gasteiger partial charge in [0.15, 0.2) is 5.82 Å². The molecule has 4 aromatic rings. The fourth-order valence-electron chi connectivity index (χ4n) is 3.52. The van der Waals surface area contributed by atoms with Crippen LogP contribution in [0.15, 0.2) is 36.9 Å². The van der Waals surface area contributed by atoms with Crippen molar-refractivity contribution >= 4 is 23.1 Å². The molecule has 4 aromatic heterocycles. The fraction of sp³-hybridized carbons (Fsp3) is 0.318. The first-order chi connectivity index (χ1) is 15.8. The Morgan fingerprint density at radius 1 is 1.21 bits per heavy atom. The zero-order valence-corrected chi connectivity index (χ0v) is 19.7. The Bertz CT molecular complexity index is 1270. The summed E-state index contributed by atoms with van der Waals surface area (Å²) in [6, 6.07) is 3.45. The van der Waals surface area contributed by atoms with E-state index in [0.717, 1.165) is 28.9 Å². The van der Waals surface area contributed by atoms with Crippen molar-refractivity contribution in [1.82, 2.24) is 34.5 Å². The van der Waals surface area contributed by atoms with Crippen LogP contribution < -0.4 is 15.8 Å². The highest BCUT2D eigenvalue weighted by atomic mass is 35.5. The van der Waals surface area contributed by atoms with Gasteiger partial charge < -0.3 is 15.8 Å². The fourth-order valence-corrected chi connectivity index (χ4v) is 3.68. The third kappa shape index (κ3) is 5.06. The molecule has 1 atom stereocenters. The van der Waals surface area contributed by atoms with Gasteiger partial charge in [-0.3, -0.25) is 4.68 Å². The molecule has 11 heteroatoms. The number of aryl methyl sites for hydroxylation is 3. The van der Waals surface area contributed by atoms with E-state index < -0.39 is 0 Å². The second-order valence-corrected chi connectivity index (χ2v) is 8.21. The van der Waals surface area contributed by atoms with Gasteiger partial charge in [0.2, 0.25) is 5.88 Å². The van der Waals surface area contributed by atoms with Crippen molar-refractivity contribution in [3.8, 4) is 28.5 Å². The summed E-state index contributed by atoms with van der Waals surface area (Å²) in [6.45, 7) is 4.68. The lowest BCUT2D eigenvalue weighted by atomic mass is 10.1. The number of nitrogens with zero attached hydrogens (tertiary/aromatic N) is 7. The van der Waals surface area contributed by atoms with Gasteiger partial charge in [-0.25, -0.2) is 19.6 Å². The van der Waals surface area contributed by atoms with Gasteiger partial charge in [-0.15, -0.1) is 0 Å². The van der Waals surface area contributed by atoms with Crippen LogP contribution in [0.25, 0.3) is 22.6 Å². The van der Waals surface area contributed by atoms with E-state index in [9.17, 15) is 0 Å². The third-order valence-corrected chi connectivity index (χ3v) is 5.33. The summed E-state index contributed by atoms with van der Waals surface area (Å²) >= 11 is 6.16. The van der Waals surface area contributed by atoms with Crippen LogP contribution >= 0.6 is 11.6 Å². The molecule has 0 amide bonds. The van der Waals surface area contributed by atoms with Crippen molar-refractivity contribution in [1.29, 1.82) is 0 Å². The van der Waals surface area contributed by atoms with E-state index in [1.165, 1.54) is 0 Å². The Kier molecular flexibility index (Phi) is 6.45. The molecule has 0 aliphatic carbocycles. The largest absolute Gasteiger partial charge is 0.474 e. The van der Waals surface area contributed by atoms with Crippen LogP contribution in [-0.4, -0.2) is 47.2 Å². The molecule has 4 rings (SSSR count). The van der Waals surface area contributed by atoms with Gasteiger partial charge in [0.1, 0.15) is 16.5 Å². The van der Waals surface area contributed by atoms with Crippen LogP contribution in [0, 0.1) is 6.92 Å². The van der Waals surface area contributed by atoms with Crippen LogP contribution in [0.3, 0.4) is 0 Å². The van der Waals surface area contributed by atoms with Crippen molar-refractivity contribution in [2.75, 3.05) is 17.6 Å². The van der Waals surface area contributed by atoms with Crippen LogP contribution in [0.5, 0.6) is 5.88 Å². The number of nitrogens with one attached hydrogen (secondary N) is 1. The van der Waals surface area contributed by atoms with E-state index in [1.807, 2.05) is 40.2 Å². The van der Waals surface area contributed by atoms with Crippen molar-refractivity contribution in [3.63, 3.8) is 0 Å². The first kappa shape index (κ1) is 22.5. The molecule has 0 unspecified atom stereocenters. The zero-order chi connectivity index (χ0) is 23.5. The minimum Gasteiger partial charge on any atom is -0.474 e. The van der Waals surface area contributed by atoms with Crippen molar-refractivity contribution in [3.05, 3.63) is 47.6 Å². The zero-order valence-electron chi connectivity index (χ0n) is 18.9. The molecular formula is C22H26ClN9O. The van der Waals surface area contributed by atoms with Gasteiger partial charge in [-0.1, -0.05) is 11.6 Å². The Hall–Kier alpha value is -3.66. The highest BCUT2D eigenvalue weighted by Gasteiger charge is 2.18. The lowest BCUT2D eigenvalue weighted by Crippen LogP contribution is -2.19. The van der Waals surface area contributed by atoms with Gasteiger partial charge in [0.25, 0.3) is 0 Å². The van der Waals surface area contributed by atoms with Gasteiger partial charge in [0, 0.05) is 56.9 Å². The molecule has 0 radical (unpaired) electrons. The molecule has 0 bridgehead atoms. The Balaban J connectivity index is 1.44. The monoisotopic (exact) mass is 467 g/mol. The van der Waals surface area contributed by atoms with E-state index in [1.54, 1.807) is 34.0 Å². The summed E-state index contributed by atoms with van der Waals surface area (Å²) in [5.41, 5.74) is 10.2. The number of aromatic nitrogens is 7. The topological polar surface area (TPSA) is 122 Å². The van der Waals surface area contributed by atoms with Crippen LogP contribution in [-0.2, 0) is 14.1 Å². The normalized spacial score (nSPS) is 12.0. The maximum Gasteiger partial charge on any atom is 0.223 e. The molecule has 10 nitrogen and oxygen atoms in total. The molecule has 0 aromatic carbocycles. The Labute approximate surface area is 196 Å². The van der Waals surface area contributed by atoms with E-state index in [0.29, 0.717) is 34.8 Å². The van der Waals surface area contributed by atoms with Gasteiger partial charge >= 0.3 is 0 Å². The summed E-state index contributed by atoms with van der Waals surface area (Å²) < 4.78 is 9.64. The summed E-state index contributed by atoms with van der Waals surface area (Å²) in [5, 5.41) is 12.7. The van der Waals surface area contributed by atoms with E-state index >= 15 is 0 Å². The number of hydrogen-bond acceptors (Lipinski definition) is 8. The second-order valence-electron chi connectivity index (χ2n) is 7.82. The lowest BCUT2D eigenvalue weighted by molar-refractivity contribution is 0.198. The number of ether oxygens (including phenoxy) is 1. The Morgan fingerprint density at radius 2 is 2.03 bits per heavy atom. The average Bonchev–Trinajstić information content (AvgIpc) is 3.29. The standard InChI is InChI=1S/C22H26ClN9O/c1-13-12-31(3)30-20(13)15-10-27-18(23)9-17(15)25-7-5-14(2)33-22-16(11-28-32(22)4)21-26-8-6-19(24)29-21/h6,8-12,14H,5,7H2,1-4H3,(H,25,27)(H2,24,26,29)/t14-/m0/s1. The van der Waals surface area contributed by atoms with Gasteiger partial charge in [-0.05, 0) is 31.5 Å². The highest BCUT2D eigenvalue weighted by Crippen LogP contribution is 2.31. The smallest absolute Gasteiger partial charge is 0.223 e. The number of pyridine rings is 1. The number of anilines is 2. The molecule has 0 aliphatic heterocycles. The summed E-state index contributed by atoms with van der Waals surface area (Å²) in [7, 11) is 3.71. The first-order valence-electron chi connectivity index (χ1n) is 10.5. The molecule has 0 aliphatic rings. The molecule has 4 heterocycles. The second kappa shape index (κ2) is 9.45. The molecular weight excluding hydrogens is 442 g/mol. The minimum absolute atomic E-state index is 0.106. The number of rotatable bonds is 8. The van der Waals surface area contributed by atoms with Gasteiger partial charge in [-0.2, -0.15) is 10.2 Å². The van der Waals surface area contributed by atoms with Crippen molar-refractivity contribution < 1.29 is 4.74 Å². The molecule has 0 fully saturated rings. The SMILES string of the molecule is Cc1cn(C)nc1-c1cnc(Cl)cc1NCC[C@H](C)Oc1c(-c2nccc(N)n2)cnn1C. The highest BCUT2D eigenvalue weighted by molar-refractivity contribution is 6.29. The molecule has 0 spiro atoms. The average molecular weight is 468 g/mol. The summed E-state index contributed by atoms with van der Waals surface area (Å²) in [6.07, 6.45) is 7.62. The predicted octanol–water partition coefficient (Wildman–Crippen LogP) is 3.49. The molecule has 172 valence electrons. The molecule has 33 heavy (non-hydrogen) atoms. The number of hydrogen-bond donors (Lipinski definition) is 2. The van der Waals surface area contributed by atoms with Crippen LogP contribution in [0.2, 0.25) is 5.15 Å². The van der Waals surface area contributed by atoms with E-state index in [4.69, 9.17) is 22.1 Å². The molecule has 0 saturated heterocycles. The number of nitrogens with two attached hydrogens (primary N) is 1. The van der Waals surface area contributed by atoms with Crippen LogP contribution in [0.4, 0.5) is 11.5 Å². The maximum atomic E-state index is 6.20. The van der Waals surface area contributed by atoms with Crippen LogP contribution in [0.1, 0.15) is 18.9 Å². The van der Waals surface area contributed by atoms with E-state index in [-0.39, 0.29) is 6.10 Å². The van der Waals surface area contributed by atoms with Crippen molar-refractivity contribution in [2.45, 2.75) is 26.4 Å². The quantitative estimate of drug-likeness (QED) is 0.377. The minimum atomic E-state index is -0.106.